The second-order valence-electron chi connectivity index (χ2n) is 4.40. The van der Waals surface area contributed by atoms with Crippen LogP contribution in [0.4, 0.5) is 0 Å². The van der Waals surface area contributed by atoms with E-state index in [1.54, 1.807) is 0 Å². The van der Waals surface area contributed by atoms with Gasteiger partial charge in [0.25, 0.3) is 0 Å². The van der Waals surface area contributed by atoms with Crippen molar-refractivity contribution in [3.8, 4) is 0 Å². The number of rotatable bonds is 2. The van der Waals surface area contributed by atoms with Gasteiger partial charge in [0.05, 0.1) is 6.61 Å². The van der Waals surface area contributed by atoms with Gasteiger partial charge in [0.2, 0.25) is 0 Å². The molecule has 1 N–H and O–H groups in total. The van der Waals surface area contributed by atoms with Gasteiger partial charge >= 0.3 is 0 Å². The Bertz CT molecular complexity index is 169. The predicted molar refractivity (Wildman–Crippen MR) is 57.5 cm³/mol. The minimum absolute atomic E-state index is 0.701. The molecule has 2 atom stereocenters. The first kappa shape index (κ1) is 10.4. The van der Waals surface area contributed by atoms with Gasteiger partial charge in [0.15, 0.2) is 0 Å². The smallest absolute Gasteiger partial charge is 0.0622 e. The van der Waals surface area contributed by atoms with Gasteiger partial charge in [0.1, 0.15) is 0 Å². The molecule has 3 nitrogen and oxygen atoms in total. The lowest BCUT2D eigenvalue weighted by molar-refractivity contribution is 0.148. The van der Waals surface area contributed by atoms with Crippen LogP contribution in [0.15, 0.2) is 0 Å². The largest absolute Gasteiger partial charge is 0.380 e. The van der Waals surface area contributed by atoms with E-state index in [1.165, 1.54) is 32.4 Å². The van der Waals surface area contributed by atoms with Gasteiger partial charge in [-0.05, 0) is 19.3 Å². The molecular weight excluding hydrogens is 176 g/mol. The molecule has 0 saturated carbocycles. The Morgan fingerprint density at radius 1 is 1.36 bits per heavy atom. The Labute approximate surface area is 86.8 Å². The fourth-order valence-corrected chi connectivity index (χ4v) is 2.47. The Balaban J connectivity index is 1.82. The van der Waals surface area contributed by atoms with Crippen molar-refractivity contribution >= 4 is 0 Å². The zero-order valence-electron chi connectivity index (χ0n) is 9.17. The third-order valence-corrected chi connectivity index (χ3v) is 3.51. The summed E-state index contributed by atoms with van der Waals surface area (Å²) >= 11 is 0. The fourth-order valence-electron chi connectivity index (χ4n) is 2.47. The highest BCUT2D eigenvalue weighted by Crippen LogP contribution is 2.15. The Hall–Kier alpha value is -0.120. The molecule has 3 heteroatoms. The van der Waals surface area contributed by atoms with Crippen LogP contribution in [-0.2, 0) is 4.74 Å². The van der Waals surface area contributed by atoms with Crippen molar-refractivity contribution in [3.63, 3.8) is 0 Å². The molecule has 0 aromatic carbocycles. The van der Waals surface area contributed by atoms with Crippen LogP contribution in [0.1, 0.15) is 26.2 Å². The monoisotopic (exact) mass is 198 g/mol. The summed E-state index contributed by atoms with van der Waals surface area (Å²) in [5.41, 5.74) is 0. The Morgan fingerprint density at radius 3 is 3.00 bits per heavy atom. The molecule has 0 aliphatic carbocycles. The summed E-state index contributed by atoms with van der Waals surface area (Å²) in [6.07, 6.45) is 3.79. The van der Waals surface area contributed by atoms with Crippen molar-refractivity contribution in [1.82, 2.24) is 10.2 Å². The van der Waals surface area contributed by atoms with E-state index in [2.05, 4.69) is 17.1 Å². The van der Waals surface area contributed by atoms with Gasteiger partial charge in [-0.1, -0.05) is 6.92 Å². The summed E-state index contributed by atoms with van der Waals surface area (Å²) in [6.45, 7) is 7.79. The molecule has 14 heavy (non-hydrogen) atoms. The third kappa shape index (κ3) is 2.47. The lowest BCUT2D eigenvalue weighted by atomic mass is 10.1. The summed E-state index contributed by atoms with van der Waals surface area (Å²) in [5.74, 6) is 0. The quantitative estimate of drug-likeness (QED) is 0.712. The van der Waals surface area contributed by atoms with Crippen LogP contribution in [0.25, 0.3) is 0 Å². The molecule has 2 fully saturated rings. The highest BCUT2D eigenvalue weighted by molar-refractivity contribution is 4.81. The van der Waals surface area contributed by atoms with Crippen LogP contribution in [-0.4, -0.2) is 49.8 Å². The summed E-state index contributed by atoms with van der Waals surface area (Å²) in [4.78, 5) is 2.61. The minimum atomic E-state index is 0.701. The number of nitrogens with one attached hydrogen (secondary N) is 1. The van der Waals surface area contributed by atoms with E-state index < -0.39 is 0 Å². The molecule has 2 aliphatic heterocycles. The molecule has 0 radical (unpaired) electrons. The molecule has 0 aromatic heterocycles. The topological polar surface area (TPSA) is 24.5 Å². The van der Waals surface area contributed by atoms with E-state index in [-0.39, 0.29) is 0 Å². The van der Waals surface area contributed by atoms with Crippen LogP contribution in [0, 0.1) is 0 Å². The molecular formula is C11H22N2O. The number of ether oxygens (including phenoxy) is 1. The van der Waals surface area contributed by atoms with Crippen molar-refractivity contribution in [2.24, 2.45) is 0 Å². The Kier molecular flexibility index (Phi) is 3.79. The average molecular weight is 198 g/mol. The second-order valence-corrected chi connectivity index (χ2v) is 4.40. The van der Waals surface area contributed by atoms with Crippen LogP contribution in [0.3, 0.4) is 0 Å². The zero-order valence-corrected chi connectivity index (χ0v) is 9.17. The van der Waals surface area contributed by atoms with E-state index >= 15 is 0 Å². The first-order valence-electron chi connectivity index (χ1n) is 5.95. The molecule has 82 valence electrons. The molecule has 2 rings (SSSR count). The fraction of sp³-hybridized carbons (Fsp3) is 1.00. The summed E-state index contributed by atoms with van der Waals surface area (Å²) in [6, 6.07) is 1.44. The van der Waals surface area contributed by atoms with Gasteiger partial charge in [-0.3, -0.25) is 4.90 Å². The molecule has 2 unspecified atom stereocenters. The summed E-state index contributed by atoms with van der Waals surface area (Å²) < 4.78 is 5.44. The molecule has 2 heterocycles. The van der Waals surface area contributed by atoms with Crippen LogP contribution >= 0.6 is 0 Å². The minimum Gasteiger partial charge on any atom is -0.380 e. The number of hydrogen-bond donors (Lipinski definition) is 1. The maximum Gasteiger partial charge on any atom is 0.0622 e. The van der Waals surface area contributed by atoms with Crippen LogP contribution < -0.4 is 5.32 Å². The van der Waals surface area contributed by atoms with Crippen molar-refractivity contribution < 1.29 is 4.74 Å². The Morgan fingerprint density at radius 2 is 2.29 bits per heavy atom. The van der Waals surface area contributed by atoms with E-state index in [4.69, 9.17) is 4.74 Å². The van der Waals surface area contributed by atoms with Crippen molar-refractivity contribution in [2.75, 3.05) is 32.8 Å². The van der Waals surface area contributed by atoms with Crippen molar-refractivity contribution in [2.45, 2.75) is 38.3 Å². The van der Waals surface area contributed by atoms with Gasteiger partial charge in [-0.25, -0.2) is 0 Å². The molecule has 0 aromatic rings. The lowest BCUT2D eigenvalue weighted by Gasteiger charge is -2.25. The van der Waals surface area contributed by atoms with Gasteiger partial charge < -0.3 is 10.1 Å². The lowest BCUT2D eigenvalue weighted by Crippen LogP contribution is -2.38. The second kappa shape index (κ2) is 5.10. The molecule has 0 spiro atoms. The van der Waals surface area contributed by atoms with E-state index in [0.717, 1.165) is 25.8 Å². The van der Waals surface area contributed by atoms with Crippen molar-refractivity contribution in [3.05, 3.63) is 0 Å². The maximum atomic E-state index is 5.44. The van der Waals surface area contributed by atoms with Gasteiger partial charge in [-0.15, -0.1) is 0 Å². The molecule has 2 saturated heterocycles. The van der Waals surface area contributed by atoms with Gasteiger partial charge in [0, 0.05) is 38.3 Å². The zero-order chi connectivity index (χ0) is 9.80. The predicted octanol–water partition coefficient (Wildman–Crippen LogP) is 0.849. The third-order valence-electron chi connectivity index (χ3n) is 3.51. The molecule has 0 amide bonds. The van der Waals surface area contributed by atoms with E-state index in [0.29, 0.717) is 6.04 Å². The SMILES string of the molecule is CCC1CCN(C2CCOC2)CCN1. The number of nitrogens with zero attached hydrogens (tertiary/aromatic N) is 1. The highest BCUT2D eigenvalue weighted by atomic mass is 16.5. The molecule has 2 aliphatic rings. The van der Waals surface area contributed by atoms with Gasteiger partial charge in [-0.2, -0.15) is 0 Å². The normalized spacial score (nSPS) is 35.8. The first-order valence-corrected chi connectivity index (χ1v) is 5.95. The number of hydrogen-bond acceptors (Lipinski definition) is 3. The average Bonchev–Trinajstić information content (AvgIpc) is 2.63. The highest BCUT2D eigenvalue weighted by Gasteiger charge is 2.25. The van der Waals surface area contributed by atoms with E-state index in [1.807, 2.05) is 0 Å². The molecule has 0 bridgehead atoms. The van der Waals surface area contributed by atoms with Crippen molar-refractivity contribution in [1.29, 1.82) is 0 Å². The maximum absolute atomic E-state index is 5.44. The summed E-state index contributed by atoms with van der Waals surface area (Å²) in [5, 5.41) is 3.60. The van der Waals surface area contributed by atoms with E-state index in [9.17, 15) is 0 Å². The van der Waals surface area contributed by atoms with Crippen LogP contribution in [0.2, 0.25) is 0 Å². The van der Waals surface area contributed by atoms with Crippen LogP contribution in [0.5, 0.6) is 0 Å². The standard InChI is InChI=1S/C11H22N2O/c1-2-10-3-6-13(7-5-12-10)11-4-8-14-9-11/h10-12H,2-9H2,1H3. The first-order chi connectivity index (χ1) is 6.90. The summed E-state index contributed by atoms with van der Waals surface area (Å²) in [7, 11) is 0.